The Bertz CT molecular complexity index is 821. The third-order valence-corrected chi connectivity index (χ3v) is 6.63. The molecule has 6 nitrogen and oxygen atoms in total. The molecule has 4 rings (SSSR count). The lowest BCUT2D eigenvalue weighted by Crippen LogP contribution is -2.40. The van der Waals surface area contributed by atoms with Gasteiger partial charge in [0, 0.05) is 26.2 Å². The number of amides is 1. The Morgan fingerprint density at radius 3 is 2.50 bits per heavy atom. The molecule has 0 atom stereocenters. The van der Waals surface area contributed by atoms with Gasteiger partial charge < -0.3 is 14.5 Å². The predicted molar refractivity (Wildman–Crippen MR) is 104 cm³/mol. The number of aromatic nitrogens is 2. The summed E-state index contributed by atoms with van der Waals surface area (Å²) in [5.74, 6) is 2.66. The number of hydrogen-bond acceptors (Lipinski definition) is 6. The Balaban J connectivity index is 1.74. The molecule has 0 bridgehead atoms. The van der Waals surface area contributed by atoms with Crippen LogP contribution in [0.4, 0.5) is 5.82 Å². The number of fused-ring (bicyclic) bond motifs is 1. The monoisotopic (exact) mass is 374 g/mol. The lowest BCUT2D eigenvalue weighted by molar-refractivity contribution is 0.0306. The van der Waals surface area contributed by atoms with Crippen molar-refractivity contribution in [2.45, 2.75) is 33.6 Å². The average molecular weight is 375 g/mol. The zero-order valence-corrected chi connectivity index (χ0v) is 16.6. The van der Waals surface area contributed by atoms with Crippen LogP contribution in [-0.2, 0) is 4.74 Å². The molecule has 2 aliphatic rings. The van der Waals surface area contributed by atoms with E-state index in [-0.39, 0.29) is 5.91 Å². The fourth-order valence-corrected chi connectivity index (χ4v) is 4.97. The summed E-state index contributed by atoms with van der Waals surface area (Å²) >= 11 is 1.51. The van der Waals surface area contributed by atoms with Crippen molar-refractivity contribution in [1.29, 1.82) is 0 Å². The lowest BCUT2D eigenvalue weighted by atomic mass is 9.99. The smallest absolute Gasteiger partial charge is 0.264 e. The molecule has 0 radical (unpaired) electrons. The van der Waals surface area contributed by atoms with Gasteiger partial charge in [0.25, 0.3) is 5.91 Å². The van der Waals surface area contributed by atoms with Crippen molar-refractivity contribution in [3.8, 4) is 0 Å². The molecule has 0 saturated carbocycles. The highest BCUT2D eigenvalue weighted by Crippen LogP contribution is 2.37. The lowest BCUT2D eigenvalue weighted by Gasteiger charge is -2.31. The van der Waals surface area contributed by atoms with E-state index in [0.29, 0.717) is 26.3 Å². The van der Waals surface area contributed by atoms with Crippen LogP contribution < -0.4 is 4.90 Å². The van der Waals surface area contributed by atoms with E-state index in [2.05, 4.69) is 16.8 Å². The fourth-order valence-electron chi connectivity index (χ4n) is 3.78. The van der Waals surface area contributed by atoms with Gasteiger partial charge in [0.05, 0.1) is 23.5 Å². The van der Waals surface area contributed by atoms with Gasteiger partial charge in [-0.25, -0.2) is 9.97 Å². The van der Waals surface area contributed by atoms with E-state index < -0.39 is 0 Å². The van der Waals surface area contributed by atoms with Crippen molar-refractivity contribution in [2.24, 2.45) is 5.92 Å². The Labute approximate surface area is 158 Å². The topological polar surface area (TPSA) is 58.6 Å². The van der Waals surface area contributed by atoms with Crippen LogP contribution in [0.25, 0.3) is 10.2 Å². The van der Waals surface area contributed by atoms with Crippen LogP contribution in [0.3, 0.4) is 0 Å². The minimum absolute atomic E-state index is 0.102. The molecule has 0 spiro atoms. The molecule has 2 aliphatic heterocycles. The third-order valence-electron chi connectivity index (χ3n) is 5.46. The zero-order chi connectivity index (χ0) is 18.3. The summed E-state index contributed by atoms with van der Waals surface area (Å²) in [6.45, 7) is 10.9. The maximum atomic E-state index is 13.0. The van der Waals surface area contributed by atoms with Crippen LogP contribution in [0.1, 0.15) is 40.8 Å². The van der Waals surface area contributed by atoms with Crippen molar-refractivity contribution in [3.63, 3.8) is 0 Å². The number of anilines is 1. The van der Waals surface area contributed by atoms with Gasteiger partial charge in [-0.3, -0.25) is 4.79 Å². The van der Waals surface area contributed by atoms with E-state index in [1.807, 2.05) is 18.7 Å². The summed E-state index contributed by atoms with van der Waals surface area (Å²) in [6, 6.07) is 0. The molecule has 2 fully saturated rings. The first-order valence-corrected chi connectivity index (χ1v) is 10.3. The van der Waals surface area contributed by atoms with Gasteiger partial charge in [0.2, 0.25) is 0 Å². The Hall–Kier alpha value is -1.73. The standard InChI is InChI=1S/C19H26N4O2S/c1-12-4-6-22(7-5-12)17-15-13(2)16(26-18(15)21-14(3)20-17)19(24)23-8-10-25-11-9-23/h12H,4-11H2,1-3H3. The number of aryl methyl sites for hydroxylation is 2. The molecule has 0 unspecified atom stereocenters. The molecule has 4 heterocycles. The number of carbonyl (C=O) groups is 1. The van der Waals surface area contributed by atoms with Crippen molar-refractivity contribution < 1.29 is 9.53 Å². The summed E-state index contributed by atoms with van der Waals surface area (Å²) in [6.07, 6.45) is 2.38. The normalized spacial score (nSPS) is 19.3. The maximum absolute atomic E-state index is 13.0. The molecule has 7 heteroatoms. The summed E-state index contributed by atoms with van der Waals surface area (Å²) in [7, 11) is 0. The van der Waals surface area contributed by atoms with E-state index in [4.69, 9.17) is 9.72 Å². The van der Waals surface area contributed by atoms with Crippen LogP contribution in [0.5, 0.6) is 0 Å². The number of thiophene rings is 1. The minimum Gasteiger partial charge on any atom is -0.378 e. The number of ether oxygens (including phenoxy) is 1. The summed E-state index contributed by atoms with van der Waals surface area (Å²) in [5.41, 5.74) is 1.02. The van der Waals surface area contributed by atoms with E-state index in [1.165, 1.54) is 24.2 Å². The van der Waals surface area contributed by atoms with Crippen molar-refractivity contribution in [1.82, 2.24) is 14.9 Å². The molecule has 0 aliphatic carbocycles. The number of hydrogen-bond donors (Lipinski definition) is 0. The van der Waals surface area contributed by atoms with Crippen LogP contribution in [-0.4, -0.2) is 60.2 Å². The van der Waals surface area contributed by atoms with Crippen LogP contribution in [0, 0.1) is 19.8 Å². The first-order valence-electron chi connectivity index (χ1n) is 9.44. The number of morpholine rings is 1. The van der Waals surface area contributed by atoms with Gasteiger partial charge in [-0.1, -0.05) is 6.92 Å². The number of rotatable bonds is 2. The quantitative estimate of drug-likeness (QED) is 0.809. The number of piperidine rings is 1. The largest absolute Gasteiger partial charge is 0.378 e. The fraction of sp³-hybridized carbons (Fsp3) is 0.632. The number of nitrogens with zero attached hydrogens (tertiary/aromatic N) is 4. The molecule has 140 valence electrons. The zero-order valence-electron chi connectivity index (χ0n) is 15.7. The molecule has 2 aromatic rings. The van der Waals surface area contributed by atoms with Crippen molar-refractivity contribution in [3.05, 3.63) is 16.3 Å². The summed E-state index contributed by atoms with van der Waals surface area (Å²) < 4.78 is 5.38. The maximum Gasteiger partial charge on any atom is 0.264 e. The second-order valence-corrected chi connectivity index (χ2v) is 8.40. The molecule has 1 amide bonds. The molecular weight excluding hydrogens is 348 g/mol. The predicted octanol–water partition coefficient (Wildman–Crippen LogP) is 3.02. The van der Waals surface area contributed by atoms with Gasteiger partial charge >= 0.3 is 0 Å². The Kier molecular flexibility index (Phi) is 4.84. The highest BCUT2D eigenvalue weighted by atomic mass is 32.1. The number of carbonyl (C=O) groups excluding carboxylic acids is 1. The second kappa shape index (κ2) is 7.12. The SMILES string of the molecule is Cc1nc(N2CCC(C)CC2)c2c(C)c(C(=O)N3CCOCC3)sc2n1. The van der Waals surface area contributed by atoms with Crippen molar-refractivity contribution in [2.75, 3.05) is 44.3 Å². The molecule has 26 heavy (non-hydrogen) atoms. The van der Waals surface area contributed by atoms with Crippen molar-refractivity contribution >= 4 is 33.3 Å². The Morgan fingerprint density at radius 2 is 1.81 bits per heavy atom. The van der Waals surface area contributed by atoms with E-state index >= 15 is 0 Å². The minimum atomic E-state index is 0.102. The highest BCUT2D eigenvalue weighted by Gasteiger charge is 2.27. The van der Waals surface area contributed by atoms with Gasteiger partial charge in [-0.2, -0.15) is 0 Å². The van der Waals surface area contributed by atoms with Crippen LogP contribution in [0.15, 0.2) is 0 Å². The Morgan fingerprint density at radius 1 is 1.12 bits per heavy atom. The first-order chi connectivity index (χ1) is 12.5. The van der Waals surface area contributed by atoms with Crippen LogP contribution in [0.2, 0.25) is 0 Å². The molecular formula is C19H26N4O2S. The second-order valence-electron chi connectivity index (χ2n) is 7.40. The van der Waals surface area contributed by atoms with E-state index in [9.17, 15) is 4.79 Å². The summed E-state index contributed by atoms with van der Waals surface area (Å²) in [5, 5.41) is 1.06. The highest BCUT2D eigenvalue weighted by molar-refractivity contribution is 7.20. The molecule has 0 aromatic carbocycles. The van der Waals surface area contributed by atoms with Gasteiger partial charge in [-0.05, 0) is 38.2 Å². The van der Waals surface area contributed by atoms with Crippen LogP contribution >= 0.6 is 11.3 Å². The summed E-state index contributed by atoms with van der Waals surface area (Å²) in [4.78, 5) is 28.4. The third kappa shape index (κ3) is 3.18. The molecule has 2 saturated heterocycles. The molecule has 0 N–H and O–H groups in total. The molecule has 2 aromatic heterocycles. The van der Waals surface area contributed by atoms with E-state index in [0.717, 1.165) is 51.3 Å². The van der Waals surface area contributed by atoms with Gasteiger partial charge in [0.15, 0.2) is 0 Å². The average Bonchev–Trinajstić information content (AvgIpc) is 2.98. The first kappa shape index (κ1) is 17.7. The van der Waals surface area contributed by atoms with Gasteiger partial charge in [0.1, 0.15) is 16.5 Å². The van der Waals surface area contributed by atoms with Gasteiger partial charge in [-0.15, -0.1) is 11.3 Å². The van der Waals surface area contributed by atoms with E-state index in [1.54, 1.807) is 0 Å².